The minimum atomic E-state index is 0.920. The molecule has 0 fully saturated rings. The lowest BCUT2D eigenvalue weighted by molar-refractivity contribution is 1.36. The van der Waals surface area contributed by atoms with Gasteiger partial charge in [0.2, 0.25) is 0 Å². The van der Waals surface area contributed by atoms with Gasteiger partial charge in [0.05, 0.1) is 27.9 Å². The second-order valence-electron chi connectivity index (χ2n) is 10.8. The summed E-state index contributed by atoms with van der Waals surface area (Å²) in [5, 5.41) is 5.82. The van der Waals surface area contributed by atoms with Gasteiger partial charge in [-0.2, -0.15) is 0 Å². The highest BCUT2D eigenvalue weighted by atomic mass is 32.1. The quantitative estimate of drug-likeness (QED) is 0.200. The molecule has 0 unspecified atom stereocenters. The van der Waals surface area contributed by atoms with E-state index in [1.54, 1.807) is 11.3 Å². The van der Waals surface area contributed by atoms with Crippen molar-refractivity contribution in [3.05, 3.63) is 140 Å². The summed E-state index contributed by atoms with van der Waals surface area (Å²) < 4.78 is 1.26. The van der Waals surface area contributed by atoms with Crippen molar-refractivity contribution in [3.63, 3.8) is 0 Å². The van der Waals surface area contributed by atoms with Gasteiger partial charge in [0.15, 0.2) is 0 Å². The Bertz CT molecular complexity index is 2500. The minimum absolute atomic E-state index is 0.920. The number of benzene rings is 5. The Balaban J connectivity index is 1.20. The molecule has 0 spiro atoms. The van der Waals surface area contributed by atoms with Crippen molar-refractivity contribution >= 4 is 64.3 Å². The van der Waals surface area contributed by atoms with E-state index in [0.29, 0.717) is 0 Å². The predicted octanol–water partition coefficient (Wildman–Crippen LogP) is 10.7. The van der Waals surface area contributed by atoms with Crippen LogP contribution in [0.1, 0.15) is 0 Å². The number of aromatic nitrogens is 3. The smallest absolute Gasteiger partial charge is 0.125 e. The molecule has 3 nitrogen and oxygen atoms in total. The van der Waals surface area contributed by atoms with Crippen LogP contribution >= 0.6 is 11.3 Å². The summed E-state index contributed by atoms with van der Waals surface area (Å²) in [7, 11) is 0. The maximum absolute atomic E-state index is 5.17. The third-order valence-corrected chi connectivity index (χ3v) is 9.35. The maximum Gasteiger partial charge on any atom is 0.125 e. The standard InChI is InChI=1S/C39H23N3S/c1-2-8-24(9-3-1)31-22-20-27-18-19-28-21-23-32(41-38(28)37(27)40-31)25-14-16-26(17-15-25)35-29-10-4-6-12-33(29)42-39-36(35)30-11-5-7-13-34(30)43-39/h1-23H. The van der Waals surface area contributed by atoms with Crippen molar-refractivity contribution in [3.8, 4) is 33.6 Å². The number of pyridine rings is 3. The van der Waals surface area contributed by atoms with Crippen LogP contribution in [0, 0.1) is 0 Å². The highest BCUT2D eigenvalue weighted by molar-refractivity contribution is 7.25. The number of fused-ring (bicyclic) bond motifs is 7. The average molecular weight is 566 g/mol. The Kier molecular flexibility index (Phi) is 5.37. The summed E-state index contributed by atoms with van der Waals surface area (Å²) >= 11 is 1.76. The Morgan fingerprint density at radius 2 is 0.977 bits per heavy atom. The molecule has 0 aliphatic heterocycles. The highest BCUT2D eigenvalue weighted by Gasteiger charge is 2.16. The lowest BCUT2D eigenvalue weighted by Crippen LogP contribution is -1.91. The van der Waals surface area contributed by atoms with Gasteiger partial charge < -0.3 is 0 Å². The van der Waals surface area contributed by atoms with Gasteiger partial charge in [0.1, 0.15) is 4.83 Å². The van der Waals surface area contributed by atoms with E-state index in [-0.39, 0.29) is 0 Å². The molecule has 0 bridgehead atoms. The fourth-order valence-corrected chi connectivity index (χ4v) is 7.28. The molecule has 0 saturated heterocycles. The summed E-state index contributed by atoms with van der Waals surface area (Å²) in [6, 6.07) is 49.0. The summed E-state index contributed by atoms with van der Waals surface area (Å²) in [5.41, 5.74) is 9.34. The molecule has 0 amide bonds. The summed E-state index contributed by atoms with van der Waals surface area (Å²) in [6.07, 6.45) is 0. The van der Waals surface area contributed by atoms with Crippen LogP contribution in [0.4, 0.5) is 0 Å². The first-order valence-corrected chi connectivity index (χ1v) is 15.2. The molecule has 5 aromatic carbocycles. The second-order valence-corrected chi connectivity index (χ2v) is 11.9. The lowest BCUT2D eigenvalue weighted by atomic mass is 9.95. The van der Waals surface area contributed by atoms with Crippen molar-refractivity contribution in [1.29, 1.82) is 0 Å². The first-order valence-electron chi connectivity index (χ1n) is 14.4. The highest BCUT2D eigenvalue weighted by Crippen LogP contribution is 2.43. The Morgan fingerprint density at radius 3 is 1.70 bits per heavy atom. The molecule has 9 rings (SSSR count). The number of rotatable bonds is 3. The van der Waals surface area contributed by atoms with E-state index >= 15 is 0 Å². The molecule has 0 N–H and O–H groups in total. The Morgan fingerprint density at radius 1 is 0.419 bits per heavy atom. The molecule has 0 aliphatic rings. The van der Waals surface area contributed by atoms with E-state index in [1.165, 1.54) is 32.0 Å². The van der Waals surface area contributed by atoms with E-state index < -0.39 is 0 Å². The van der Waals surface area contributed by atoms with Crippen LogP contribution < -0.4 is 0 Å². The monoisotopic (exact) mass is 565 g/mol. The zero-order valence-corrected chi connectivity index (χ0v) is 23.8. The van der Waals surface area contributed by atoms with Gasteiger partial charge in [-0.1, -0.05) is 115 Å². The molecule has 0 saturated carbocycles. The fraction of sp³-hybridized carbons (Fsp3) is 0. The molecule has 9 aromatic rings. The number of hydrogen-bond acceptors (Lipinski definition) is 4. The molecule has 200 valence electrons. The molecule has 43 heavy (non-hydrogen) atoms. The molecular weight excluding hydrogens is 543 g/mol. The van der Waals surface area contributed by atoms with Crippen molar-refractivity contribution < 1.29 is 0 Å². The number of para-hydroxylation sites is 1. The molecule has 0 radical (unpaired) electrons. The van der Waals surface area contributed by atoms with Gasteiger partial charge in [-0.05, 0) is 29.8 Å². The zero-order valence-electron chi connectivity index (χ0n) is 23.0. The zero-order chi connectivity index (χ0) is 28.3. The number of thiophene rings is 1. The molecule has 4 heteroatoms. The molecule has 0 atom stereocenters. The summed E-state index contributed by atoms with van der Waals surface area (Å²) in [4.78, 5) is 16.4. The third kappa shape index (κ3) is 3.92. The van der Waals surface area contributed by atoms with Gasteiger partial charge in [0.25, 0.3) is 0 Å². The van der Waals surface area contributed by atoms with E-state index in [1.807, 2.05) is 18.2 Å². The summed E-state index contributed by atoms with van der Waals surface area (Å²) in [6.45, 7) is 0. The van der Waals surface area contributed by atoms with Gasteiger partial charge in [0, 0.05) is 48.3 Å². The van der Waals surface area contributed by atoms with E-state index in [9.17, 15) is 0 Å². The number of nitrogens with zero attached hydrogens (tertiary/aromatic N) is 3. The van der Waals surface area contributed by atoms with Crippen LogP contribution in [0.2, 0.25) is 0 Å². The van der Waals surface area contributed by atoms with Crippen molar-refractivity contribution in [2.24, 2.45) is 0 Å². The van der Waals surface area contributed by atoms with E-state index in [0.717, 1.165) is 54.7 Å². The maximum atomic E-state index is 5.17. The number of hydrogen-bond donors (Lipinski definition) is 0. The molecule has 4 aromatic heterocycles. The normalized spacial score (nSPS) is 11.7. The van der Waals surface area contributed by atoms with E-state index in [4.69, 9.17) is 15.0 Å². The molecule has 4 heterocycles. The van der Waals surface area contributed by atoms with Crippen molar-refractivity contribution in [1.82, 2.24) is 15.0 Å². The Hall–Kier alpha value is -5.45. The summed E-state index contributed by atoms with van der Waals surface area (Å²) in [5.74, 6) is 0. The van der Waals surface area contributed by atoms with Crippen LogP contribution in [-0.4, -0.2) is 15.0 Å². The topological polar surface area (TPSA) is 38.7 Å². The van der Waals surface area contributed by atoms with Crippen molar-refractivity contribution in [2.75, 3.05) is 0 Å². The second kappa shape index (κ2) is 9.55. The van der Waals surface area contributed by atoms with Crippen LogP contribution in [0.15, 0.2) is 140 Å². The SMILES string of the molecule is c1ccc(-c2ccc3ccc4ccc(-c5ccc(-c6c7ccccc7nc7sc8ccccc8c67)cc5)nc4c3n2)cc1. The van der Waals surface area contributed by atoms with Crippen molar-refractivity contribution in [2.45, 2.75) is 0 Å². The van der Waals surface area contributed by atoms with Crippen LogP contribution in [-0.2, 0) is 0 Å². The largest absolute Gasteiger partial charge is 0.245 e. The van der Waals surface area contributed by atoms with Gasteiger partial charge in [-0.15, -0.1) is 11.3 Å². The third-order valence-electron chi connectivity index (χ3n) is 8.28. The van der Waals surface area contributed by atoms with Gasteiger partial charge in [-0.25, -0.2) is 15.0 Å². The van der Waals surface area contributed by atoms with Gasteiger partial charge in [-0.3, -0.25) is 0 Å². The molecular formula is C39H23N3S. The van der Waals surface area contributed by atoms with Crippen LogP contribution in [0.25, 0.3) is 86.7 Å². The van der Waals surface area contributed by atoms with Crippen LogP contribution in [0.3, 0.4) is 0 Å². The van der Waals surface area contributed by atoms with Gasteiger partial charge >= 0.3 is 0 Å². The Labute approximate surface area is 251 Å². The average Bonchev–Trinajstić information content (AvgIpc) is 3.45. The molecule has 0 aliphatic carbocycles. The first kappa shape index (κ1) is 24.2. The van der Waals surface area contributed by atoms with Crippen LogP contribution in [0.5, 0.6) is 0 Å². The predicted molar refractivity (Wildman–Crippen MR) is 182 cm³/mol. The fourth-order valence-electron chi connectivity index (χ4n) is 6.19. The first-order chi connectivity index (χ1) is 21.3. The lowest BCUT2D eigenvalue weighted by Gasteiger charge is -2.11. The van der Waals surface area contributed by atoms with E-state index in [2.05, 4.69) is 121 Å². The minimum Gasteiger partial charge on any atom is -0.245 e.